The van der Waals surface area contributed by atoms with Crippen LogP contribution in [0.5, 0.6) is 5.75 Å². The maximum absolute atomic E-state index is 12.8. The smallest absolute Gasteiger partial charge is 0.265 e. The lowest BCUT2D eigenvalue weighted by Gasteiger charge is -2.41. The van der Waals surface area contributed by atoms with Gasteiger partial charge in [0.15, 0.2) is 6.61 Å². The molecule has 130 valence electrons. The summed E-state index contributed by atoms with van der Waals surface area (Å²) in [5.41, 5.74) is 0.172. The average molecular weight is 379 g/mol. The van der Waals surface area contributed by atoms with E-state index < -0.39 is 5.54 Å². The second-order valence-corrected chi connectivity index (χ2v) is 6.97. The Kier molecular flexibility index (Phi) is 4.62. The summed E-state index contributed by atoms with van der Waals surface area (Å²) in [5.74, 6) is -0.255. The van der Waals surface area contributed by atoms with Gasteiger partial charge in [0.25, 0.3) is 5.91 Å². The number of nitrogens with zero attached hydrogens (tertiary/aromatic N) is 1. The second-order valence-electron chi connectivity index (χ2n) is 6.12. The number of para-hydroxylation sites is 2. The molecule has 0 aromatic heterocycles. The number of hydrogen-bond donors (Lipinski definition) is 1. The van der Waals surface area contributed by atoms with Crippen molar-refractivity contribution in [2.75, 3.05) is 16.8 Å². The number of benzene rings is 2. The molecule has 3 rings (SSSR count). The highest BCUT2D eigenvalue weighted by Crippen LogP contribution is 2.37. The van der Waals surface area contributed by atoms with E-state index >= 15 is 0 Å². The van der Waals surface area contributed by atoms with Crippen LogP contribution in [0.25, 0.3) is 0 Å². The lowest BCUT2D eigenvalue weighted by Crippen LogP contribution is -2.59. The van der Waals surface area contributed by atoms with Crippen LogP contribution in [-0.2, 0) is 9.59 Å². The lowest BCUT2D eigenvalue weighted by molar-refractivity contribution is -0.127. The van der Waals surface area contributed by atoms with Crippen LogP contribution in [0.2, 0.25) is 10.0 Å². The van der Waals surface area contributed by atoms with Crippen LogP contribution in [0.15, 0.2) is 42.5 Å². The van der Waals surface area contributed by atoms with Crippen LogP contribution in [0.1, 0.15) is 13.8 Å². The maximum atomic E-state index is 12.8. The van der Waals surface area contributed by atoms with E-state index in [1.54, 1.807) is 44.2 Å². The van der Waals surface area contributed by atoms with Crippen molar-refractivity contribution in [2.24, 2.45) is 0 Å². The molecule has 7 heteroatoms. The number of carbonyl (C=O) groups is 2. The van der Waals surface area contributed by atoms with Gasteiger partial charge in [-0.25, -0.2) is 0 Å². The minimum Gasteiger partial charge on any atom is -0.482 e. The Bertz CT molecular complexity index is 852. The van der Waals surface area contributed by atoms with Crippen molar-refractivity contribution in [1.29, 1.82) is 0 Å². The average Bonchev–Trinajstić information content (AvgIpc) is 2.54. The first-order chi connectivity index (χ1) is 11.8. The summed E-state index contributed by atoms with van der Waals surface area (Å²) in [4.78, 5) is 26.7. The number of fused-ring (bicyclic) bond motifs is 1. The molecule has 0 saturated carbocycles. The van der Waals surface area contributed by atoms with Crippen LogP contribution >= 0.6 is 23.2 Å². The fourth-order valence-electron chi connectivity index (χ4n) is 2.69. The molecule has 0 radical (unpaired) electrons. The Morgan fingerprint density at radius 1 is 1.20 bits per heavy atom. The number of rotatable bonds is 3. The van der Waals surface area contributed by atoms with E-state index in [9.17, 15) is 9.59 Å². The number of nitrogens with one attached hydrogen (secondary N) is 1. The third-order valence-electron chi connectivity index (χ3n) is 4.00. The summed E-state index contributed by atoms with van der Waals surface area (Å²) in [6.07, 6.45) is 0. The van der Waals surface area contributed by atoms with Crippen LogP contribution in [0.4, 0.5) is 11.4 Å². The predicted octanol–water partition coefficient (Wildman–Crippen LogP) is 4.14. The van der Waals surface area contributed by atoms with Gasteiger partial charge in [-0.3, -0.25) is 14.5 Å². The van der Waals surface area contributed by atoms with E-state index in [0.717, 1.165) is 0 Å². The first kappa shape index (κ1) is 17.6. The summed E-state index contributed by atoms with van der Waals surface area (Å²) in [7, 11) is 0. The number of hydrogen-bond acceptors (Lipinski definition) is 3. The topological polar surface area (TPSA) is 58.6 Å². The van der Waals surface area contributed by atoms with Crippen LogP contribution in [0.3, 0.4) is 0 Å². The van der Waals surface area contributed by atoms with Crippen molar-refractivity contribution < 1.29 is 14.3 Å². The zero-order chi connectivity index (χ0) is 18.2. The summed E-state index contributed by atoms with van der Waals surface area (Å²) in [5, 5.41) is 3.61. The van der Waals surface area contributed by atoms with E-state index in [1.807, 2.05) is 6.07 Å². The van der Waals surface area contributed by atoms with E-state index in [4.69, 9.17) is 27.9 Å². The highest BCUT2D eigenvalue weighted by molar-refractivity contribution is 6.35. The molecule has 2 amide bonds. The number of halogens is 2. The number of anilines is 2. The van der Waals surface area contributed by atoms with Crippen molar-refractivity contribution >= 4 is 46.4 Å². The highest BCUT2D eigenvalue weighted by atomic mass is 35.5. The summed E-state index contributed by atoms with van der Waals surface area (Å²) < 4.78 is 5.54. The van der Waals surface area contributed by atoms with E-state index in [1.165, 1.54) is 11.0 Å². The summed E-state index contributed by atoms with van der Waals surface area (Å²) in [6.45, 7) is 3.11. The molecule has 2 aromatic carbocycles. The molecule has 1 heterocycles. The van der Waals surface area contributed by atoms with Crippen LogP contribution < -0.4 is 15.0 Å². The Morgan fingerprint density at radius 3 is 2.64 bits per heavy atom. The zero-order valence-electron chi connectivity index (χ0n) is 13.7. The molecule has 0 bridgehead atoms. The molecule has 25 heavy (non-hydrogen) atoms. The van der Waals surface area contributed by atoms with Crippen molar-refractivity contribution in [3.63, 3.8) is 0 Å². The molecule has 1 aliphatic heterocycles. The molecular weight excluding hydrogens is 363 g/mol. The molecule has 2 aromatic rings. The van der Waals surface area contributed by atoms with Gasteiger partial charge in [0, 0.05) is 5.02 Å². The SMILES string of the molecule is CC1(C)C(=O)Nc2ccccc2N1C(=O)COc1ccc(Cl)cc1Cl. The number of amides is 2. The maximum Gasteiger partial charge on any atom is 0.265 e. The Hall–Kier alpha value is -2.24. The third kappa shape index (κ3) is 3.30. The van der Waals surface area contributed by atoms with E-state index in [-0.39, 0.29) is 18.4 Å². The predicted molar refractivity (Wildman–Crippen MR) is 98.6 cm³/mol. The van der Waals surface area contributed by atoms with Gasteiger partial charge in [-0.2, -0.15) is 0 Å². The van der Waals surface area contributed by atoms with Gasteiger partial charge in [-0.1, -0.05) is 35.3 Å². The standard InChI is InChI=1S/C18H16Cl2N2O3/c1-18(2)17(24)21-13-5-3-4-6-14(13)22(18)16(23)10-25-15-8-7-11(19)9-12(15)20/h3-9H,10H2,1-2H3,(H,21,24). The highest BCUT2D eigenvalue weighted by Gasteiger charge is 2.43. The largest absolute Gasteiger partial charge is 0.482 e. The number of carbonyl (C=O) groups excluding carboxylic acids is 2. The van der Waals surface area contributed by atoms with Crippen molar-refractivity contribution in [1.82, 2.24) is 0 Å². The monoisotopic (exact) mass is 378 g/mol. The molecule has 5 nitrogen and oxygen atoms in total. The van der Waals surface area contributed by atoms with Crippen LogP contribution in [0, 0.1) is 0 Å². The summed E-state index contributed by atoms with van der Waals surface area (Å²) >= 11 is 11.9. The normalized spacial score (nSPS) is 15.4. The van der Waals surface area contributed by atoms with Crippen molar-refractivity contribution in [2.45, 2.75) is 19.4 Å². The minimum absolute atomic E-state index is 0.258. The fourth-order valence-corrected chi connectivity index (χ4v) is 3.16. The second kappa shape index (κ2) is 6.58. The molecule has 0 unspecified atom stereocenters. The molecule has 1 aliphatic rings. The molecule has 0 fully saturated rings. The molecule has 1 N–H and O–H groups in total. The van der Waals surface area contributed by atoms with Gasteiger partial charge in [-0.05, 0) is 44.2 Å². The Balaban J connectivity index is 1.86. The van der Waals surface area contributed by atoms with Crippen LogP contribution in [-0.4, -0.2) is 24.0 Å². The lowest BCUT2D eigenvalue weighted by atomic mass is 9.96. The summed E-state index contributed by atoms with van der Waals surface area (Å²) in [6, 6.07) is 11.9. The molecular formula is C18H16Cl2N2O3. The van der Waals surface area contributed by atoms with Gasteiger partial charge >= 0.3 is 0 Å². The zero-order valence-corrected chi connectivity index (χ0v) is 15.2. The molecule has 0 atom stereocenters. The van der Waals surface area contributed by atoms with Crippen molar-refractivity contribution in [3.05, 3.63) is 52.5 Å². The van der Waals surface area contributed by atoms with Gasteiger partial charge in [0.1, 0.15) is 11.3 Å². The first-order valence-corrected chi connectivity index (χ1v) is 8.37. The quantitative estimate of drug-likeness (QED) is 0.872. The number of ether oxygens (including phenoxy) is 1. The van der Waals surface area contributed by atoms with Gasteiger partial charge in [0.2, 0.25) is 5.91 Å². The fraction of sp³-hybridized carbons (Fsp3) is 0.222. The molecule has 0 saturated heterocycles. The first-order valence-electron chi connectivity index (χ1n) is 7.62. The van der Waals surface area contributed by atoms with Gasteiger partial charge < -0.3 is 10.1 Å². The minimum atomic E-state index is -1.04. The third-order valence-corrected chi connectivity index (χ3v) is 4.53. The Morgan fingerprint density at radius 2 is 1.92 bits per heavy atom. The van der Waals surface area contributed by atoms with E-state index in [0.29, 0.717) is 27.2 Å². The van der Waals surface area contributed by atoms with Gasteiger partial charge in [0.05, 0.1) is 16.4 Å². The molecule has 0 spiro atoms. The van der Waals surface area contributed by atoms with Gasteiger partial charge in [-0.15, -0.1) is 0 Å². The van der Waals surface area contributed by atoms with Crippen molar-refractivity contribution in [3.8, 4) is 5.75 Å². The van der Waals surface area contributed by atoms with E-state index in [2.05, 4.69) is 5.32 Å². The molecule has 0 aliphatic carbocycles. The Labute approximate surface area is 155 Å².